The van der Waals surface area contributed by atoms with E-state index in [2.05, 4.69) is 25.3 Å². The third kappa shape index (κ3) is 4.22. The van der Waals surface area contributed by atoms with Gasteiger partial charge in [-0.25, -0.2) is 14.5 Å². The summed E-state index contributed by atoms with van der Waals surface area (Å²) in [4.78, 5) is 24.1. The summed E-state index contributed by atoms with van der Waals surface area (Å²) in [6, 6.07) is 16.8. The van der Waals surface area contributed by atoms with Crippen LogP contribution in [0.1, 0.15) is 29.6 Å². The van der Waals surface area contributed by atoms with E-state index in [9.17, 15) is 4.79 Å². The summed E-state index contributed by atoms with van der Waals surface area (Å²) < 4.78 is 1.69. The molecule has 1 amide bonds. The summed E-state index contributed by atoms with van der Waals surface area (Å²) in [5, 5.41) is 7.74. The number of anilines is 2. The summed E-state index contributed by atoms with van der Waals surface area (Å²) in [7, 11) is 0. The molecule has 8 heteroatoms. The predicted octanol–water partition coefficient (Wildman–Crippen LogP) is 4.69. The average Bonchev–Trinajstić information content (AvgIpc) is 3.23. The number of nitrogens with one attached hydrogen (secondary N) is 1. The molecule has 156 valence electrons. The van der Waals surface area contributed by atoms with Crippen molar-refractivity contribution in [2.45, 2.75) is 19.3 Å². The van der Waals surface area contributed by atoms with E-state index < -0.39 is 0 Å². The molecule has 1 aromatic carbocycles. The Morgan fingerprint density at radius 3 is 2.58 bits per heavy atom. The highest BCUT2D eigenvalue weighted by Crippen LogP contribution is 2.23. The second-order valence-electron chi connectivity index (χ2n) is 7.56. The lowest BCUT2D eigenvalue weighted by molar-refractivity contribution is 0.102. The van der Waals surface area contributed by atoms with Crippen LogP contribution in [0.5, 0.6) is 0 Å². The lowest BCUT2D eigenvalue weighted by Gasteiger charge is -2.28. The maximum Gasteiger partial charge on any atom is 0.255 e. The smallest absolute Gasteiger partial charge is 0.255 e. The highest BCUT2D eigenvalue weighted by molar-refractivity contribution is 6.30. The largest absolute Gasteiger partial charge is 0.357 e. The molecule has 0 saturated carbocycles. The molecule has 0 radical (unpaired) electrons. The highest BCUT2D eigenvalue weighted by Gasteiger charge is 2.16. The maximum absolute atomic E-state index is 12.9. The van der Waals surface area contributed by atoms with Crippen molar-refractivity contribution in [2.24, 2.45) is 0 Å². The van der Waals surface area contributed by atoms with Crippen molar-refractivity contribution in [3.05, 3.63) is 71.5 Å². The molecule has 1 saturated heterocycles. The minimum Gasteiger partial charge on any atom is -0.357 e. The molecule has 0 atom stereocenters. The summed E-state index contributed by atoms with van der Waals surface area (Å²) in [6.45, 7) is 1.86. The van der Waals surface area contributed by atoms with Gasteiger partial charge >= 0.3 is 0 Å². The van der Waals surface area contributed by atoms with Crippen molar-refractivity contribution in [2.75, 3.05) is 23.3 Å². The van der Waals surface area contributed by atoms with Crippen molar-refractivity contribution < 1.29 is 4.79 Å². The monoisotopic (exact) mass is 432 g/mol. The first-order chi connectivity index (χ1) is 15.2. The fraction of sp³-hybridized carbons (Fsp3) is 0.217. The number of fused-ring (bicyclic) bond motifs is 1. The zero-order valence-electron chi connectivity index (χ0n) is 16.8. The number of amides is 1. The number of nitrogens with zero attached hydrogens (tertiary/aromatic N) is 5. The van der Waals surface area contributed by atoms with Gasteiger partial charge in [0.25, 0.3) is 5.91 Å². The van der Waals surface area contributed by atoms with Gasteiger partial charge in [-0.1, -0.05) is 41.9 Å². The Labute approximate surface area is 184 Å². The first-order valence-corrected chi connectivity index (χ1v) is 10.7. The van der Waals surface area contributed by atoms with Crippen molar-refractivity contribution in [3.63, 3.8) is 0 Å². The van der Waals surface area contributed by atoms with E-state index >= 15 is 0 Å². The summed E-state index contributed by atoms with van der Waals surface area (Å²) in [6.07, 6.45) is 5.25. The van der Waals surface area contributed by atoms with E-state index in [1.807, 2.05) is 30.3 Å². The molecule has 0 aliphatic carbocycles. The van der Waals surface area contributed by atoms with E-state index in [4.69, 9.17) is 11.6 Å². The number of carbonyl (C=O) groups is 1. The number of aromatic nitrogens is 4. The van der Waals surface area contributed by atoms with Crippen molar-refractivity contribution >= 4 is 34.7 Å². The molecule has 1 fully saturated rings. The topological polar surface area (TPSA) is 75.4 Å². The van der Waals surface area contributed by atoms with Crippen LogP contribution in [0.3, 0.4) is 0 Å². The zero-order chi connectivity index (χ0) is 21.2. The quantitative estimate of drug-likeness (QED) is 0.473. The van der Waals surface area contributed by atoms with Gasteiger partial charge in [0.1, 0.15) is 11.0 Å². The van der Waals surface area contributed by atoms with Gasteiger partial charge in [0, 0.05) is 42.2 Å². The van der Waals surface area contributed by atoms with Crippen LogP contribution in [-0.4, -0.2) is 38.6 Å². The van der Waals surface area contributed by atoms with Crippen molar-refractivity contribution in [3.8, 4) is 11.4 Å². The van der Waals surface area contributed by atoms with Crippen LogP contribution in [0.15, 0.2) is 60.8 Å². The van der Waals surface area contributed by atoms with Crippen LogP contribution in [0.2, 0.25) is 5.15 Å². The maximum atomic E-state index is 12.9. The molecule has 1 aliphatic rings. The number of benzene rings is 1. The van der Waals surface area contributed by atoms with Crippen LogP contribution in [0.4, 0.5) is 11.5 Å². The SMILES string of the molecule is O=C(Nc1ccn2nc(-c3ccccc3)nc2c1)c1cc(Cl)nc(N2CCCCC2)c1. The van der Waals surface area contributed by atoms with E-state index in [-0.39, 0.29) is 5.91 Å². The Morgan fingerprint density at radius 1 is 0.968 bits per heavy atom. The Hall–Kier alpha value is -3.45. The molecular formula is C23H21ClN6O. The first-order valence-electron chi connectivity index (χ1n) is 10.3. The molecular weight excluding hydrogens is 412 g/mol. The number of halogens is 1. The summed E-state index contributed by atoms with van der Waals surface area (Å²) >= 11 is 6.22. The van der Waals surface area contributed by atoms with Crippen LogP contribution in [0, 0.1) is 0 Å². The van der Waals surface area contributed by atoms with Crippen LogP contribution < -0.4 is 10.2 Å². The van der Waals surface area contributed by atoms with E-state index in [1.54, 1.807) is 35.0 Å². The fourth-order valence-corrected chi connectivity index (χ4v) is 3.98. The van der Waals surface area contributed by atoms with E-state index in [0.717, 1.165) is 37.3 Å². The van der Waals surface area contributed by atoms with Crippen molar-refractivity contribution in [1.29, 1.82) is 0 Å². The molecule has 4 heterocycles. The third-order valence-electron chi connectivity index (χ3n) is 5.35. The van der Waals surface area contributed by atoms with Crippen LogP contribution in [0.25, 0.3) is 17.0 Å². The molecule has 5 rings (SSSR count). The Kier molecular flexibility index (Phi) is 5.26. The Balaban J connectivity index is 1.38. The number of pyridine rings is 2. The molecule has 7 nitrogen and oxygen atoms in total. The molecule has 1 aliphatic heterocycles. The Morgan fingerprint density at radius 2 is 1.77 bits per heavy atom. The zero-order valence-corrected chi connectivity index (χ0v) is 17.6. The van der Waals surface area contributed by atoms with Crippen molar-refractivity contribution in [1.82, 2.24) is 19.6 Å². The lowest BCUT2D eigenvalue weighted by Crippen LogP contribution is -2.30. The number of rotatable bonds is 4. The summed E-state index contributed by atoms with van der Waals surface area (Å²) in [5.41, 5.74) is 2.70. The minimum atomic E-state index is -0.241. The van der Waals surface area contributed by atoms with Gasteiger partial charge in [0.2, 0.25) is 0 Å². The Bertz CT molecular complexity index is 1230. The van der Waals surface area contributed by atoms with Crippen LogP contribution in [-0.2, 0) is 0 Å². The molecule has 3 aromatic heterocycles. The lowest BCUT2D eigenvalue weighted by atomic mass is 10.1. The predicted molar refractivity (Wildman–Crippen MR) is 122 cm³/mol. The average molecular weight is 433 g/mol. The molecule has 0 spiro atoms. The number of hydrogen-bond acceptors (Lipinski definition) is 5. The van der Waals surface area contributed by atoms with Gasteiger partial charge in [-0.2, -0.15) is 0 Å². The molecule has 0 unspecified atom stereocenters. The van der Waals surface area contributed by atoms with E-state index in [1.165, 1.54) is 6.42 Å². The number of hydrogen-bond donors (Lipinski definition) is 1. The van der Waals surface area contributed by atoms with Gasteiger partial charge in [0.05, 0.1) is 0 Å². The fourth-order valence-electron chi connectivity index (χ4n) is 3.77. The summed E-state index contributed by atoms with van der Waals surface area (Å²) in [5.74, 6) is 1.14. The van der Waals surface area contributed by atoms with E-state index in [0.29, 0.717) is 27.9 Å². The second kappa shape index (κ2) is 8.35. The van der Waals surface area contributed by atoms with Gasteiger partial charge in [-0.05, 0) is 37.5 Å². The van der Waals surface area contributed by atoms with Crippen LogP contribution >= 0.6 is 11.6 Å². The minimum absolute atomic E-state index is 0.241. The standard InChI is InChI=1S/C23H21ClN6O/c24-19-13-17(14-20(26-19)29-10-5-2-6-11-29)23(31)25-18-9-12-30-21(15-18)27-22(28-30)16-7-3-1-4-8-16/h1,3-4,7-9,12-15H,2,5-6,10-11H2,(H,25,31). The van der Waals surface area contributed by atoms with Gasteiger partial charge in [-0.3, -0.25) is 4.79 Å². The molecule has 1 N–H and O–H groups in total. The third-order valence-corrected chi connectivity index (χ3v) is 5.54. The molecule has 4 aromatic rings. The highest BCUT2D eigenvalue weighted by atomic mass is 35.5. The molecule has 0 bridgehead atoms. The van der Waals surface area contributed by atoms with Gasteiger partial charge in [-0.15, -0.1) is 5.10 Å². The second-order valence-corrected chi connectivity index (χ2v) is 7.95. The van der Waals surface area contributed by atoms with Gasteiger partial charge in [0.15, 0.2) is 11.5 Å². The first kappa shape index (κ1) is 19.5. The normalized spacial score (nSPS) is 14.0. The molecule has 31 heavy (non-hydrogen) atoms. The van der Waals surface area contributed by atoms with Gasteiger partial charge < -0.3 is 10.2 Å². The number of carbonyl (C=O) groups excluding carboxylic acids is 1. The number of piperidine rings is 1.